The Labute approximate surface area is 190 Å². The van der Waals surface area contributed by atoms with Gasteiger partial charge in [-0.2, -0.15) is 0 Å². The molecular weight excluding hydrogens is 402 g/mol. The molecule has 1 aromatic carbocycles. The number of ether oxygens (including phenoxy) is 1. The third-order valence-corrected chi connectivity index (χ3v) is 5.12. The van der Waals surface area contributed by atoms with Crippen molar-refractivity contribution in [3.63, 3.8) is 0 Å². The maximum atomic E-state index is 11.3. The highest BCUT2D eigenvalue weighted by molar-refractivity contribution is 5.91. The fraction of sp³-hybridized carbons (Fsp3) is 0.480. The summed E-state index contributed by atoms with van der Waals surface area (Å²) in [6, 6.07) is 9.04. The molecule has 0 spiro atoms. The van der Waals surface area contributed by atoms with E-state index in [0.717, 1.165) is 48.3 Å². The molecule has 0 amide bonds. The summed E-state index contributed by atoms with van der Waals surface area (Å²) in [7, 11) is 0. The fourth-order valence-electron chi connectivity index (χ4n) is 3.46. The topological polar surface area (TPSA) is 106 Å². The maximum absolute atomic E-state index is 11.3. The summed E-state index contributed by atoms with van der Waals surface area (Å²) in [5.74, 6) is 0.437. The van der Waals surface area contributed by atoms with E-state index in [4.69, 9.17) is 10.5 Å². The minimum absolute atomic E-state index is 0.134. The first-order valence-corrected chi connectivity index (χ1v) is 11.7. The molecule has 1 saturated carbocycles. The highest BCUT2D eigenvalue weighted by Gasteiger charge is 2.04. The number of nitrogen functional groups attached to an aromatic ring is 1. The van der Waals surface area contributed by atoms with E-state index >= 15 is 0 Å². The van der Waals surface area contributed by atoms with E-state index in [1.807, 2.05) is 38.1 Å². The Bertz CT molecular complexity index is 931. The summed E-state index contributed by atoms with van der Waals surface area (Å²) in [4.78, 5) is 22.0. The molecule has 1 aliphatic heterocycles. The average Bonchev–Trinajstić information content (AvgIpc) is 2.88. The van der Waals surface area contributed by atoms with Crippen LogP contribution in [0.25, 0.3) is 22.0 Å². The second-order valence-electron chi connectivity index (χ2n) is 7.42. The van der Waals surface area contributed by atoms with Gasteiger partial charge in [0.05, 0.1) is 18.7 Å². The van der Waals surface area contributed by atoms with Crippen LogP contribution in [0.4, 0.5) is 5.82 Å². The second-order valence-corrected chi connectivity index (χ2v) is 7.42. The van der Waals surface area contributed by atoms with Crippen LogP contribution < -0.4 is 16.6 Å². The van der Waals surface area contributed by atoms with E-state index in [-0.39, 0.29) is 5.56 Å². The molecule has 5 rings (SSSR count). The molecule has 1 aliphatic carbocycles. The number of rotatable bonds is 1. The number of pyridine rings is 1. The number of morpholine rings is 1. The van der Waals surface area contributed by atoms with Crippen LogP contribution >= 0.6 is 0 Å². The van der Waals surface area contributed by atoms with E-state index in [2.05, 4.69) is 20.3 Å². The number of fused-ring (bicyclic) bond motifs is 1. The average molecular weight is 440 g/mol. The molecule has 4 N–H and O–H groups in total. The highest BCUT2D eigenvalue weighted by Crippen LogP contribution is 2.24. The predicted octanol–water partition coefficient (Wildman–Crippen LogP) is 4.54. The Morgan fingerprint density at radius 1 is 0.875 bits per heavy atom. The summed E-state index contributed by atoms with van der Waals surface area (Å²) >= 11 is 0. The van der Waals surface area contributed by atoms with Crippen molar-refractivity contribution in [2.24, 2.45) is 0 Å². The Hall–Kier alpha value is -2.77. The van der Waals surface area contributed by atoms with E-state index in [0.29, 0.717) is 5.82 Å². The van der Waals surface area contributed by atoms with Crippen molar-refractivity contribution in [2.75, 3.05) is 32.0 Å². The summed E-state index contributed by atoms with van der Waals surface area (Å²) in [6.07, 6.45) is 12.1. The molecule has 7 nitrogen and oxygen atoms in total. The Morgan fingerprint density at radius 3 is 2.03 bits per heavy atom. The van der Waals surface area contributed by atoms with E-state index in [9.17, 15) is 4.79 Å². The van der Waals surface area contributed by atoms with Gasteiger partial charge in [-0.3, -0.25) is 4.79 Å². The molecule has 7 heteroatoms. The number of nitrogens with zero attached hydrogens (tertiary/aromatic N) is 2. The van der Waals surface area contributed by atoms with Crippen molar-refractivity contribution >= 4 is 16.7 Å². The summed E-state index contributed by atoms with van der Waals surface area (Å²) < 4.78 is 5.01. The fourth-order valence-corrected chi connectivity index (χ4v) is 3.46. The summed E-state index contributed by atoms with van der Waals surface area (Å²) in [6.45, 7) is 7.83. The molecule has 0 radical (unpaired) electrons. The van der Waals surface area contributed by atoms with Crippen LogP contribution in [0.15, 0.2) is 47.7 Å². The van der Waals surface area contributed by atoms with Crippen LogP contribution in [0, 0.1) is 0 Å². The number of aromatic nitrogens is 3. The number of nitrogens with one attached hydrogen (secondary N) is 2. The van der Waals surface area contributed by atoms with Crippen LogP contribution in [0.3, 0.4) is 0 Å². The van der Waals surface area contributed by atoms with Crippen LogP contribution in [-0.4, -0.2) is 41.3 Å². The number of hydrogen-bond acceptors (Lipinski definition) is 6. The lowest BCUT2D eigenvalue weighted by Crippen LogP contribution is -2.30. The van der Waals surface area contributed by atoms with Crippen molar-refractivity contribution in [1.29, 1.82) is 0 Å². The number of benzene rings is 1. The van der Waals surface area contributed by atoms with Gasteiger partial charge in [-0.15, -0.1) is 0 Å². The van der Waals surface area contributed by atoms with Crippen molar-refractivity contribution in [2.45, 2.75) is 52.4 Å². The molecular formula is C25H37N5O2. The molecule has 0 unspecified atom stereocenters. The lowest BCUT2D eigenvalue weighted by atomic mass is 10.0. The summed E-state index contributed by atoms with van der Waals surface area (Å²) in [5.41, 5.74) is 8.22. The van der Waals surface area contributed by atoms with Gasteiger partial charge in [-0.1, -0.05) is 58.4 Å². The SMILES string of the molecule is C1CCCCC1.C1COCCN1.CC.Nc1ncnc2ccc(-c3cc[nH]c(=O)c3)cc12. The van der Waals surface area contributed by atoms with Crippen LogP contribution in [0.1, 0.15) is 52.4 Å². The molecule has 0 bridgehead atoms. The zero-order valence-electron chi connectivity index (χ0n) is 19.4. The smallest absolute Gasteiger partial charge is 0.248 e. The quantitative estimate of drug-likeness (QED) is 0.514. The minimum Gasteiger partial charge on any atom is -0.383 e. The molecule has 2 aromatic heterocycles. The zero-order chi connectivity index (χ0) is 23.0. The minimum atomic E-state index is -0.134. The molecule has 2 aliphatic rings. The Morgan fingerprint density at radius 2 is 1.50 bits per heavy atom. The van der Waals surface area contributed by atoms with Gasteiger partial charge in [0.2, 0.25) is 5.56 Å². The van der Waals surface area contributed by atoms with Gasteiger partial charge in [0, 0.05) is 30.7 Å². The number of H-pyrrole nitrogens is 1. The Kier molecular flexibility index (Phi) is 12.0. The van der Waals surface area contributed by atoms with Gasteiger partial charge in [-0.05, 0) is 29.3 Å². The predicted molar refractivity (Wildman–Crippen MR) is 133 cm³/mol. The lowest BCUT2D eigenvalue weighted by Gasteiger charge is -2.10. The maximum Gasteiger partial charge on any atom is 0.248 e. The van der Waals surface area contributed by atoms with E-state index in [1.54, 1.807) is 12.3 Å². The molecule has 3 aromatic rings. The van der Waals surface area contributed by atoms with Gasteiger partial charge in [0.25, 0.3) is 0 Å². The van der Waals surface area contributed by atoms with Crippen molar-refractivity contribution < 1.29 is 4.74 Å². The normalized spacial score (nSPS) is 15.2. The Balaban J connectivity index is 0.000000212. The molecule has 174 valence electrons. The largest absolute Gasteiger partial charge is 0.383 e. The standard InChI is InChI=1S/C13H10N4O.C6H12.C4H9NO.C2H6/c14-13-10-5-8(1-2-11(10)16-7-17-13)9-3-4-15-12(18)6-9;1-2-4-6-5-3-1;1-3-6-4-2-5-1;1-2/h1-7H,(H,15,18)(H2,14,16,17);1-6H2;5H,1-4H2;1-2H3. The van der Waals surface area contributed by atoms with Crippen molar-refractivity contribution in [1.82, 2.24) is 20.3 Å². The molecule has 2 fully saturated rings. The van der Waals surface area contributed by atoms with Gasteiger partial charge in [0.15, 0.2) is 0 Å². The molecule has 3 heterocycles. The lowest BCUT2D eigenvalue weighted by molar-refractivity contribution is 0.109. The first-order valence-electron chi connectivity index (χ1n) is 11.7. The molecule has 0 atom stereocenters. The van der Waals surface area contributed by atoms with Gasteiger partial charge < -0.3 is 20.8 Å². The number of nitrogens with two attached hydrogens (primary N) is 1. The summed E-state index contributed by atoms with van der Waals surface area (Å²) in [5, 5.41) is 3.95. The molecule has 32 heavy (non-hydrogen) atoms. The second kappa shape index (κ2) is 15.1. The monoisotopic (exact) mass is 439 g/mol. The van der Waals surface area contributed by atoms with Crippen molar-refractivity contribution in [3.05, 3.63) is 53.2 Å². The van der Waals surface area contributed by atoms with Crippen LogP contribution in [0.2, 0.25) is 0 Å². The van der Waals surface area contributed by atoms with Crippen LogP contribution in [-0.2, 0) is 4.74 Å². The van der Waals surface area contributed by atoms with Gasteiger partial charge >= 0.3 is 0 Å². The molecule has 1 saturated heterocycles. The van der Waals surface area contributed by atoms with Crippen LogP contribution in [0.5, 0.6) is 0 Å². The first kappa shape index (κ1) is 25.5. The first-order chi connectivity index (χ1) is 15.7. The van der Waals surface area contributed by atoms with Gasteiger partial charge in [-0.25, -0.2) is 9.97 Å². The zero-order valence-corrected chi connectivity index (χ0v) is 19.4. The number of hydrogen-bond donors (Lipinski definition) is 3. The van der Waals surface area contributed by atoms with E-state index < -0.39 is 0 Å². The number of aromatic amines is 1. The third kappa shape index (κ3) is 8.77. The highest BCUT2D eigenvalue weighted by atomic mass is 16.5. The number of anilines is 1. The van der Waals surface area contributed by atoms with E-state index in [1.165, 1.54) is 44.9 Å². The van der Waals surface area contributed by atoms with Crippen molar-refractivity contribution in [3.8, 4) is 11.1 Å². The third-order valence-electron chi connectivity index (χ3n) is 5.12. The van der Waals surface area contributed by atoms with Gasteiger partial charge in [0.1, 0.15) is 12.1 Å².